The molecule has 0 fully saturated rings. The number of pyridine rings is 2. The van der Waals surface area contributed by atoms with Crippen molar-refractivity contribution in [2.45, 2.75) is 6.18 Å². The summed E-state index contributed by atoms with van der Waals surface area (Å²) in [6.07, 6.45) is -4.04. The lowest BCUT2D eigenvalue weighted by atomic mass is 9.99. The Hall–Kier alpha value is -3.32. The number of aromatic amines is 1. The minimum atomic E-state index is -4.67. The van der Waals surface area contributed by atoms with Crippen LogP contribution < -0.4 is 11.1 Å². The van der Waals surface area contributed by atoms with Gasteiger partial charge in [-0.3, -0.25) is 14.2 Å². The number of hydrogen-bond donors (Lipinski definition) is 1. The lowest BCUT2D eigenvalue weighted by Gasteiger charge is -2.16. The number of alkyl halides is 3. The molecule has 0 bridgehead atoms. The van der Waals surface area contributed by atoms with Crippen molar-refractivity contribution in [3.8, 4) is 16.8 Å². The molecule has 4 nitrogen and oxygen atoms in total. The summed E-state index contributed by atoms with van der Waals surface area (Å²) < 4.78 is 40.4. The van der Waals surface area contributed by atoms with Crippen LogP contribution in [0, 0.1) is 0 Å². The molecule has 2 aromatic heterocycles. The molecule has 0 aliphatic rings. The quantitative estimate of drug-likeness (QED) is 0.499. The van der Waals surface area contributed by atoms with E-state index in [1.807, 2.05) is 0 Å². The number of aromatic nitrogens is 2. The number of rotatable bonds is 2. The Morgan fingerprint density at radius 1 is 0.931 bits per heavy atom. The van der Waals surface area contributed by atoms with Crippen LogP contribution in [0.4, 0.5) is 13.2 Å². The summed E-state index contributed by atoms with van der Waals surface area (Å²) in [6.45, 7) is 0. The van der Waals surface area contributed by atoms with Gasteiger partial charge >= 0.3 is 6.18 Å². The summed E-state index contributed by atoms with van der Waals surface area (Å²) in [5.74, 6) is 0. The highest BCUT2D eigenvalue weighted by Crippen LogP contribution is 2.34. The van der Waals surface area contributed by atoms with Gasteiger partial charge in [0.2, 0.25) is 0 Å². The van der Waals surface area contributed by atoms with E-state index in [9.17, 15) is 22.8 Å². The summed E-state index contributed by atoms with van der Waals surface area (Å²) in [4.78, 5) is 28.0. The van der Waals surface area contributed by atoms with Crippen molar-refractivity contribution in [2.24, 2.45) is 0 Å². The van der Waals surface area contributed by atoms with Gasteiger partial charge in [0.1, 0.15) is 5.69 Å². The number of benzene rings is 2. The Labute approximate surface area is 166 Å². The van der Waals surface area contributed by atoms with E-state index in [1.165, 1.54) is 0 Å². The van der Waals surface area contributed by atoms with Gasteiger partial charge in [-0.05, 0) is 29.8 Å². The first kappa shape index (κ1) is 19.0. The smallest absolute Gasteiger partial charge is 0.320 e. The number of nitrogens with zero attached hydrogens (tertiary/aromatic N) is 1. The summed E-state index contributed by atoms with van der Waals surface area (Å²) >= 11 is 6.12. The summed E-state index contributed by atoms with van der Waals surface area (Å²) in [5.41, 5.74) is -1.38. The molecule has 0 aliphatic carbocycles. The molecule has 2 aromatic carbocycles. The first-order valence-corrected chi connectivity index (χ1v) is 8.85. The predicted molar refractivity (Wildman–Crippen MR) is 106 cm³/mol. The summed E-state index contributed by atoms with van der Waals surface area (Å²) in [7, 11) is 0. The van der Waals surface area contributed by atoms with Crippen molar-refractivity contribution in [3.63, 3.8) is 0 Å². The van der Waals surface area contributed by atoms with Crippen molar-refractivity contribution < 1.29 is 13.2 Å². The molecule has 4 rings (SSSR count). The Morgan fingerprint density at radius 3 is 2.34 bits per heavy atom. The van der Waals surface area contributed by atoms with E-state index in [-0.39, 0.29) is 5.69 Å². The molecule has 0 radical (unpaired) electrons. The molecule has 0 unspecified atom stereocenters. The molecular weight excluding hydrogens is 405 g/mol. The van der Waals surface area contributed by atoms with Crippen molar-refractivity contribution in [1.29, 1.82) is 0 Å². The van der Waals surface area contributed by atoms with Crippen molar-refractivity contribution >= 4 is 22.5 Å². The van der Waals surface area contributed by atoms with Crippen LogP contribution in [-0.2, 0) is 6.18 Å². The number of nitrogens with one attached hydrogen (secondary N) is 1. The molecule has 8 heteroatoms. The van der Waals surface area contributed by atoms with Gasteiger partial charge in [-0.1, -0.05) is 41.9 Å². The summed E-state index contributed by atoms with van der Waals surface area (Å²) in [6, 6.07) is 14.9. The highest BCUT2D eigenvalue weighted by Gasteiger charge is 2.31. The van der Waals surface area contributed by atoms with Gasteiger partial charge in [0.25, 0.3) is 11.1 Å². The van der Waals surface area contributed by atoms with Crippen LogP contribution in [-0.4, -0.2) is 9.55 Å². The maximum Gasteiger partial charge on any atom is 0.417 e. The minimum Gasteiger partial charge on any atom is -0.320 e. The number of hydrogen-bond acceptors (Lipinski definition) is 2. The fourth-order valence-corrected chi connectivity index (χ4v) is 3.38. The standard InChI is InChI=1S/C21H12ClF3N2O2/c22-14-7-8-16-15(10-14)18(12-4-2-1-3-5-12)19(20(29)26-16)27-11-13(21(23,24)25)6-9-17(27)28/h1-11H,(H,26,29). The third-order valence-corrected chi connectivity index (χ3v) is 4.73. The summed E-state index contributed by atoms with van der Waals surface area (Å²) in [5, 5.41) is 0.881. The van der Waals surface area contributed by atoms with E-state index >= 15 is 0 Å². The van der Waals surface area contributed by atoms with E-state index in [0.29, 0.717) is 39.3 Å². The zero-order valence-corrected chi connectivity index (χ0v) is 15.4. The number of H-pyrrole nitrogens is 1. The predicted octanol–water partition coefficient (Wildman–Crippen LogP) is 5.02. The lowest BCUT2D eigenvalue weighted by Crippen LogP contribution is -2.26. The van der Waals surface area contributed by atoms with Gasteiger partial charge < -0.3 is 4.98 Å². The fraction of sp³-hybridized carbons (Fsp3) is 0.0476. The van der Waals surface area contributed by atoms with E-state index < -0.39 is 22.9 Å². The van der Waals surface area contributed by atoms with Gasteiger partial charge in [-0.2, -0.15) is 13.2 Å². The van der Waals surface area contributed by atoms with Gasteiger partial charge in [0.05, 0.1) is 5.56 Å². The second-order valence-electron chi connectivity index (χ2n) is 6.36. The third kappa shape index (κ3) is 3.45. The molecule has 0 spiro atoms. The lowest BCUT2D eigenvalue weighted by molar-refractivity contribution is -0.138. The molecule has 0 saturated heterocycles. The molecular formula is C21H12ClF3N2O2. The van der Waals surface area contributed by atoms with Crippen molar-refractivity contribution in [1.82, 2.24) is 9.55 Å². The topological polar surface area (TPSA) is 54.9 Å². The Bertz CT molecular complexity index is 1340. The maximum atomic E-state index is 13.2. The highest BCUT2D eigenvalue weighted by atomic mass is 35.5. The molecule has 1 N–H and O–H groups in total. The fourth-order valence-electron chi connectivity index (χ4n) is 3.21. The van der Waals surface area contributed by atoms with Gasteiger partial charge in [-0.15, -0.1) is 0 Å². The highest BCUT2D eigenvalue weighted by molar-refractivity contribution is 6.31. The largest absolute Gasteiger partial charge is 0.417 e. The van der Waals surface area contributed by atoms with Gasteiger partial charge in [-0.25, -0.2) is 0 Å². The van der Waals surface area contributed by atoms with Crippen LogP contribution in [0.3, 0.4) is 0 Å². The second-order valence-corrected chi connectivity index (χ2v) is 6.79. The monoisotopic (exact) mass is 416 g/mol. The van der Waals surface area contributed by atoms with Gasteiger partial charge in [0.15, 0.2) is 0 Å². The van der Waals surface area contributed by atoms with Crippen LogP contribution in [0.5, 0.6) is 0 Å². The van der Waals surface area contributed by atoms with E-state index in [2.05, 4.69) is 4.98 Å². The average Bonchev–Trinajstić information content (AvgIpc) is 2.68. The number of halogens is 4. The molecule has 0 aliphatic heterocycles. The number of fused-ring (bicyclic) bond motifs is 1. The molecule has 0 atom stereocenters. The minimum absolute atomic E-state index is 0.206. The van der Waals surface area contributed by atoms with Gasteiger partial charge in [0, 0.05) is 33.8 Å². The molecule has 2 heterocycles. The van der Waals surface area contributed by atoms with E-state index in [4.69, 9.17) is 11.6 Å². The Balaban J connectivity index is 2.18. The van der Waals surface area contributed by atoms with Crippen molar-refractivity contribution in [3.05, 3.63) is 98.2 Å². The molecule has 146 valence electrons. The van der Waals surface area contributed by atoms with Crippen LogP contribution in [0.15, 0.2) is 76.4 Å². The SMILES string of the molecule is O=c1[nH]c2ccc(Cl)cc2c(-c2ccccc2)c1-n1cc(C(F)(F)F)ccc1=O. The van der Waals surface area contributed by atoms with E-state index in [1.54, 1.807) is 48.5 Å². The Kier molecular flexibility index (Phi) is 4.55. The normalized spacial score (nSPS) is 11.7. The molecule has 0 saturated carbocycles. The van der Waals surface area contributed by atoms with Crippen LogP contribution in [0.2, 0.25) is 5.02 Å². The molecule has 4 aromatic rings. The maximum absolute atomic E-state index is 13.2. The van der Waals surface area contributed by atoms with E-state index in [0.717, 1.165) is 10.6 Å². The van der Waals surface area contributed by atoms with Crippen LogP contribution in [0.25, 0.3) is 27.7 Å². The second kappa shape index (κ2) is 6.93. The van der Waals surface area contributed by atoms with Crippen LogP contribution >= 0.6 is 11.6 Å². The molecule has 0 amide bonds. The zero-order valence-electron chi connectivity index (χ0n) is 14.6. The first-order chi connectivity index (χ1) is 13.8. The van der Waals surface area contributed by atoms with Crippen LogP contribution in [0.1, 0.15) is 5.56 Å². The first-order valence-electron chi connectivity index (χ1n) is 8.47. The zero-order chi connectivity index (χ0) is 20.8. The Morgan fingerprint density at radius 2 is 1.66 bits per heavy atom. The third-order valence-electron chi connectivity index (χ3n) is 4.49. The molecule has 29 heavy (non-hydrogen) atoms. The average molecular weight is 417 g/mol. The van der Waals surface area contributed by atoms with Crippen molar-refractivity contribution in [2.75, 3.05) is 0 Å².